The van der Waals surface area contributed by atoms with E-state index in [0.29, 0.717) is 0 Å². The van der Waals surface area contributed by atoms with E-state index in [1.807, 2.05) is 5.32 Å². The van der Waals surface area contributed by atoms with Crippen LogP contribution >= 0.6 is 11.6 Å². The van der Waals surface area contributed by atoms with Crippen LogP contribution in [0.25, 0.3) is 0 Å². The average Bonchev–Trinajstić information content (AvgIpc) is 2.01. The summed E-state index contributed by atoms with van der Waals surface area (Å²) in [5.41, 5.74) is 0. The van der Waals surface area contributed by atoms with Crippen LogP contribution in [0.5, 0.6) is 0 Å². The lowest BCUT2D eigenvalue weighted by Gasteiger charge is -2.31. The number of nitrogens with one attached hydrogen (secondary N) is 2. The lowest BCUT2D eigenvalue weighted by molar-refractivity contribution is -0.138. The molecule has 5 nitrogen and oxygen atoms in total. The van der Waals surface area contributed by atoms with Crippen LogP contribution in [0.15, 0.2) is 0 Å². The number of carbonyl (C=O) groups is 2. The molecule has 1 saturated heterocycles. The Hall–Kier alpha value is -0.880. The van der Waals surface area contributed by atoms with Crippen molar-refractivity contribution in [2.45, 2.75) is 18.3 Å². The van der Waals surface area contributed by atoms with Gasteiger partial charge in [-0.2, -0.15) is 0 Å². The molecule has 3 amide bonds. The summed E-state index contributed by atoms with van der Waals surface area (Å²) in [5.74, 6) is -1.21. The van der Waals surface area contributed by atoms with E-state index in [-0.39, 0.29) is 6.61 Å². The summed E-state index contributed by atoms with van der Waals surface area (Å²) >= 11 is 5.21. The molecule has 2 atom stereocenters. The topological polar surface area (TPSA) is 67.4 Å². The van der Waals surface area contributed by atoms with Gasteiger partial charge in [0.15, 0.2) is 6.23 Å². The van der Waals surface area contributed by atoms with Gasteiger partial charge < -0.3 is 10.1 Å². The molecule has 0 spiro atoms. The molecule has 74 valence electrons. The number of rotatable bonds is 2. The van der Waals surface area contributed by atoms with Gasteiger partial charge in [-0.1, -0.05) is 11.6 Å². The molecule has 0 aromatic heterocycles. The first-order valence-corrected chi connectivity index (χ1v) is 3.97. The maximum Gasteiger partial charge on any atom is 0.323 e. The number of amides is 3. The number of hydrogen-bond donors (Lipinski definition) is 2. The Labute approximate surface area is 78.6 Å². The fraction of sp³-hybridized carbons (Fsp3) is 0.667. The third kappa shape index (κ3) is 1.89. The Morgan fingerprint density at radius 2 is 2.31 bits per heavy atom. The number of alkyl halides is 2. The molecule has 0 saturated carbocycles. The van der Waals surface area contributed by atoms with Gasteiger partial charge in [0.25, 0.3) is 5.91 Å². The van der Waals surface area contributed by atoms with Gasteiger partial charge in [0, 0.05) is 6.61 Å². The molecule has 0 aromatic rings. The summed E-state index contributed by atoms with van der Waals surface area (Å²) in [4.78, 5) is 21.6. The van der Waals surface area contributed by atoms with Gasteiger partial charge in [0.2, 0.25) is 0 Å². The quantitative estimate of drug-likeness (QED) is 0.635. The summed E-state index contributed by atoms with van der Waals surface area (Å²) < 4.78 is 18.0. The smallest absolute Gasteiger partial charge is 0.323 e. The van der Waals surface area contributed by atoms with Crippen LogP contribution in [-0.2, 0) is 9.53 Å². The van der Waals surface area contributed by atoms with Crippen molar-refractivity contribution >= 4 is 23.5 Å². The third-order valence-electron chi connectivity index (χ3n) is 1.45. The molecule has 0 bridgehead atoms. The summed E-state index contributed by atoms with van der Waals surface area (Å²) in [6, 6.07) is -0.822. The van der Waals surface area contributed by atoms with Crippen molar-refractivity contribution in [1.29, 1.82) is 0 Å². The largest absolute Gasteiger partial charge is 0.353 e. The molecule has 1 rings (SSSR count). The molecular weight excluding hydrogens is 203 g/mol. The van der Waals surface area contributed by atoms with E-state index in [4.69, 9.17) is 16.3 Å². The number of halogens is 2. The van der Waals surface area contributed by atoms with E-state index in [1.165, 1.54) is 0 Å². The molecule has 2 unspecified atom stereocenters. The van der Waals surface area contributed by atoms with Gasteiger partial charge in [0.05, 0.1) is 0 Å². The minimum Gasteiger partial charge on any atom is -0.353 e. The van der Waals surface area contributed by atoms with Crippen LogP contribution in [0.4, 0.5) is 9.18 Å². The summed E-state index contributed by atoms with van der Waals surface area (Å²) in [6.07, 6.45) is -1.44. The van der Waals surface area contributed by atoms with Crippen molar-refractivity contribution in [3.63, 3.8) is 0 Å². The van der Waals surface area contributed by atoms with E-state index in [0.717, 1.165) is 0 Å². The normalized spacial score (nSPS) is 33.9. The number of ether oxygens (including phenoxy) is 1. The van der Waals surface area contributed by atoms with Crippen molar-refractivity contribution < 1.29 is 18.7 Å². The van der Waals surface area contributed by atoms with E-state index in [9.17, 15) is 14.0 Å². The Morgan fingerprint density at radius 1 is 1.69 bits per heavy atom. The van der Waals surface area contributed by atoms with Gasteiger partial charge >= 0.3 is 11.2 Å². The number of carbonyl (C=O) groups excluding carboxylic acids is 2. The van der Waals surface area contributed by atoms with Gasteiger partial charge in [-0.15, -0.1) is 0 Å². The Kier molecular flexibility index (Phi) is 2.72. The highest BCUT2D eigenvalue weighted by Gasteiger charge is 2.50. The molecule has 1 aliphatic heterocycles. The standard InChI is InChI=1S/C6H8ClFN2O3/c1-2-13-4-6(7,8)3(11)9-5(12)10-4/h4H,2H2,1H3,(H2,9,10,11,12). The van der Waals surface area contributed by atoms with Crippen molar-refractivity contribution in [2.75, 3.05) is 6.61 Å². The summed E-state index contributed by atoms with van der Waals surface area (Å²) in [5, 5.41) is 0.974. The average molecular weight is 211 g/mol. The van der Waals surface area contributed by atoms with Crippen LogP contribution in [0, 0.1) is 0 Å². The number of hydrogen-bond acceptors (Lipinski definition) is 3. The van der Waals surface area contributed by atoms with Crippen molar-refractivity contribution in [3.8, 4) is 0 Å². The predicted octanol–water partition coefficient (Wildman–Crippen LogP) is 0.0930. The van der Waals surface area contributed by atoms with Crippen molar-refractivity contribution in [1.82, 2.24) is 10.6 Å². The van der Waals surface area contributed by atoms with Gasteiger partial charge in [-0.05, 0) is 6.92 Å². The summed E-state index contributed by atoms with van der Waals surface area (Å²) in [6.45, 7) is 1.72. The SMILES string of the molecule is CCOC1NC(=O)NC(=O)C1(F)Cl. The zero-order valence-electron chi connectivity index (χ0n) is 6.77. The monoisotopic (exact) mass is 210 g/mol. The van der Waals surface area contributed by atoms with Crippen molar-refractivity contribution in [3.05, 3.63) is 0 Å². The first kappa shape index (κ1) is 10.2. The van der Waals surface area contributed by atoms with E-state index < -0.39 is 23.3 Å². The number of imide groups is 1. The highest BCUT2D eigenvalue weighted by Crippen LogP contribution is 2.25. The van der Waals surface area contributed by atoms with E-state index in [2.05, 4.69) is 0 Å². The molecule has 0 aliphatic carbocycles. The van der Waals surface area contributed by atoms with E-state index in [1.54, 1.807) is 12.2 Å². The first-order valence-electron chi connectivity index (χ1n) is 3.60. The maximum atomic E-state index is 13.3. The number of urea groups is 1. The molecule has 1 fully saturated rings. The molecule has 13 heavy (non-hydrogen) atoms. The molecule has 0 radical (unpaired) electrons. The molecule has 7 heteroatoms. The zero-order valence-corrected chi connectivity index (χ0v) is 7.52. The fourth-order valence-corrected chi connectivity index (χ4v) is 1.03. The van der Waals surface area contributed by atoms with Crippen LogP contribution < -0.4 is 10.6 Å². The molecular formula is C6H8ClFN2O3. The molecule has 2 N–H and O–H groups in total. The lowest BCUT2D eigenvalue weighted by atomic mass is 10.2. The molecule has 1 aliphatic rings. The molecule has 0 aromatic carbocycles. The van der Waals surface area contributed by atoms with Gasteiger partial charge in [-0.3, -0.25) is 10.1 Å². The second-order valence-corrected chi connectivity index (χ2v) is 2.94. The Bertz CT molecular complexity index is 246. The second kappa shape index (κ2) is 3.47. The van der Waals surface area contributed by atoms with Gasteiger partial charge in [0.1, 0.15) is 0 Å². The summed E-state index contributed by atoms with van der Waals surface area (Å²) in [7, 11) is 0. The van der Waals surface area contributed by atoms with E-state index >= 15 is 0 Å². The highest BCUT2D eigenvalue weighted by molar-refractivity contribution is 6.35. The van der Waals surface area contributed by atoms with Crippen molar-refractivity contribution in [2.24, 2.45) is 0 Å². The van der Waals surface area contributed by atoms with Crippen LogP contribution in [0.1, 0.15) is 6.92 Å². The van der Waals surface area contributed by atoms with Gasteiger partial charge in [-0.25, -0.2) is 9.18 Å². The zero-order chi connectivity index (χ0) is 10.1. The fourth-order valence-electron chi connectivity index (χ4n) is 0.864. The van der Waals surface area contributed by atoms with Crippen LogP contribution in [-0.4, -0.2) is 29.9 Å². The Balaban J connectivity index is 2.78. The minimum absolute atomic E-state index is 0.136. The Morgan fingerprint density at radius 3 is 2.85 bits per heavy atom. The maximum absolute atomic E-state index is 13.3. The predicted molar refractivity (Wildman–Crippen MR) is 41.8 cm³/mol. The third-order valence-corrected chi connectivity index (χ3v) is 1.82. The molecule has 1 heterocycles. The van der Waals surface area contributed by atoms with Crippen LogP contribution in [0.3, 0.4) is 0 Å². The van der Waals surface area contributed by atoms with Crippen LogP contribution in [0.2, 0.25) is 0 Å². The first-order chi connectivity index (χ1) is 5.98. The second-order valence-electron chi connectivity index (χ2n) is 2.39. The highest BCUT2D eigenvalue weighted by atomic mass is 35.5. The lowest BCUT2D eigenvalue weighted by Crippen LogP contribution is -2.65. The minimum atomic E-state index is -2.75.